The number of hydrogen-bond donors (Lipinski definition) is 0. The summed E-state index contributed by atoms with van der Waals surface area (Å²) in [5, 5.41) is 0. The molecule has 0 radical (unpaired) electrons. The van der Waals surface area contributed by atoms with Gasteiger partial charge in [-0.2, -0.15) is 0 Å². The molecule has 3 heteroatoms. The van der Waals surface area contributed by atoms with E-state index in [1.165, 1.54) is 49.8 Å². The molecule has 1 heterocycles. The van der Waals surface area contributed by atoms with Gasteiger partial charge in [0.25, 0.3) is 0 Å². The van der Waals surface area contributed by atoms with Gasteiger partial charge in [0.15, 0.2) is 0 Å². The molecule has 0 unspecified atom stereocenters. The van der Waals surface area contributed by atoms with Crippen LogP contribution < -0.4 is 0 Å². The SMILES string of the molecule is CCCCCCCCC/C=C/CN1C(=O)CCC1=O. The van der Waals surface area contributed by atoms with Crippen LogP contribution in [0.1, 0.15) is 71.1 Å². The lowest BCUT2D eigenvalue weighted by atomic mass is 10.1. The van der Waals surface area contributed by atoms with Gasteiger partial charge in [-0.3, -0.25) is 14.5 Å². The Morgan fingerprint density at radius 1 is 0.895 bits per heavy atom. The third kappa shape index (κ3) is 6.55. The lowest BCUT2D eigenvalue weighted by Gasteiger charge is -2.09. The van der Waals surface area contributed by atoms with Crippen molar-refractivity contribution in [1.29, 1.82) is 0 Å². The Hall–Kier alpha value is -1.12. The standard InChI is InChI=1S/C16H27NO2/c1-2-3-4-5-6-7-8-9-10-11-14-17-15(18)12-13-16(17)19/h10-11H,2-9,12-14H2,1H3/b11-10+. The first-order chi connectivity index (χ1) is 9.25. The van der Waals surface area contributed by atoms with Crippen molar-refractivity contribution in [2.45, 2.75) is 71.1 Å². The van der Waals surface area contributed by atoms with Crippen LogP contribution in [0.5, 0.6) is 0 Å². The zero-order chi connectivity index (χ0) is 13.9. The van der Waals surface area contributed by atoms with Gasteiger partial charge in [0.2, 0.25) is 11.8 Å². The second-order valence-corrected chi connectivity index (χ2v) is 5.28. The van der Waals surface area contributed by atoms with Gasteiger partial charge in [-0.1, -0.05) is 57.6 Å². The molecule has 0 spiro atoms. The Kier molecular flexibility index (Phi) is 8.19. The van der Waals surface area contributed by atoms with Crippen molar-refractivity contribution in [3.8, 4) is 0 Å². The van der Waals surface area contributed by atoms with Crippen LogP contribution in [0.4, 0.5) is 0 Å². The van der Waals surface area contributed by atoms with Crippen molar-refractivity contribution in [3.05, 3.63) is 12.2 Å². The average Bonchev–Trinajstić information content (AvgIpc) is 2.72. The van der Waals surface area contributed by atoms with E-state index in [4.69, 9.17) is 0 Å². The second-order valence-electron chi connectivity index (χ2n) is 5.28. The van der Waals surface area contributed by atoms with Gasteiger partial charge in [0.1, 0.15) is 0 Å². The molecule has 0 aromatic heterocycles. The lowest BCUT2D eigenvalue weighted by molar-refractivity contribution is -0.137. The molecular weight excluding hydrogens is 238 g/mol. The van der Waals surface area contributed by atoms with Gasteiger partial charge in [-0.05, 0) is 12.8 Å². The number of carbonyl (C=O) groups excluding carboxylic acids is 2. The van der Waals surface area contributed by atoms with Crippen molar-refractivity contribution < 1.29 is 9.59 Å². The molecule has 0 aliphatic carbocycles. The van der Waals surface area contributed by atoms with Crippen LogP contribution in [0.2, 0.25) is 0 Å². The number of carbonyl (C=O) groups is 2. The molecule has 0 atom stereocenters. The number of amides is 2. The van der Waals surface area contributed by atoms with Gasteiger partial charge in [-0.15, -0.1) is 0 Å². The van der Waals surface area contributed by atoms with Gasteiger partial charge in [0, 0.05) is 19.4 Å². The molecule has 19 heavy (non-hydrogen) atoms. The van der Waals surface area contributed by atoms with Crippen LogP contribution in [0.3, 0.4) is 0 Å². The summed E-state index contributed by atoms with van der Waals surface area (Å²) in [5.74, 6) is -0.0452. The molecule has 0 saturated carbocycles. The Balaban J connectivity index is 1.96. The quantitative estimate of drug-likeness (QED) is 0.342. The summed E-state index contributed by atoms with van der Waals surface area (Å²) in [6, 6.07) is 0. The molecule has 0 aromatic carbocycles. The summed E-state index contributed by atoms with van der Waals surface area (Å²) in [4.78, 5) is 24.1. The van der Waals surface area contributed by atoms with Gasteiger partial charge in [-0.25, -0.2) is 0 Å². The summed E-state index contributed by atoms with van der Waals surface area (Å²) in [6.07, 6.45) is 15.1. The molecule has 2 amide bonds. The van der Waals surface area contributed by atoms with Crippen LogP contribution in [-0.4, -0.2) is 23.3 Å². The average molecular weight is 265 g/mol. The molecule has 1 rings (SSSR count). The highest BCUT2D eigenvalue weighted by Gasteiger charge is 2.27. The molecule has 1 fully saturated rings. The topological polar surface area (TPSA) is 37.4 Å². The van der Waals surface area contributed by atoms with Gasteiger partial charge in [0.05, 0.1) is 0 Å². The number of unbranched alkanes of at least 4 members (excludes halogenated alkanes) is 7. The fourth-order valence-corrected chi connectivity index (χ4v) is 2.34. The van der Waals surface area contributed by atoms with E-state index in [1.54, 1.807) is 0 Å². The third-order valence-electron chi connectivity index (χ3n) is 3.58. The minimum absolute atomic E-state index is 0.0226. The van der Waals surface area contributed by atoms with E-state index < -0.39 is 0 Å². The smallest absolute Gasteiger partial charge is 0.229 e. The van der Waals surface area contributed by atoms with Crippen molar-refractivity contribution in [2.24, 2.45) is 0 Å². The van der Waals surface area contributed by atoms with Crippen LogP contribution in [0.15, 0.2) is 12.2 Å². The van der Waals surface area contributed by atoms with E-state index in [0.29, 0.717) is 19.4 Å². The Bertz CT molecular complexity index is 294. The summed E-state index contributed by atoms with van der Waals surface area (Å²) in [6.45, 7) is 2.70. The van der Waals surface area contributed by atoms with Crippen molar-refractivity contribution >= 4 is 11.8 Å². The van der Waals surface area contributed by atoms with E-state index in [0.717, 1.165) is 6.42 Å². The zero-order valence-corrected chi connectivity index (χ0v) is 12.2. The minimum Gasteiger partial charge on any atom is -0.279 e. The molecule has 0 aromatic rings. The van der Waals surface area contributed by atoms with Crippen LogP contribution >= 0.6 is 0 Å². The molecule has 108 valence electrons. The summed E-state index contributed by atoms with van der Waals surface area (Å²) in [5.41, 5.74) is 0. The predicted octanol–water partition coefficient (Wildman–Crippen LogP) is 3.83. The highest BCUT2D eigenvalue weighted by atomic mass is 16.2. The van der Waals surface area contributed by atoms with Crippen LogP contribution in [-0.2, 0) is 9.59 Å². The van der Waals surface area contributed by atoms with Gasteiger partial charge < -0.3 is 0 Å². The summed E-state index contributed by atoms with van der Waals surface area (Å²) < 4.78 is 0. The van der Waals surface area contributed by atoms with Crippen molar-refractivity contribution in [2.75, 3.05) is 6.54 Å². The van der Waals surface area contributed by atoms with Crippen molar-refractivity contribution in [1.82, 2.24) is 4.90 Å². The zero-order valence-electron chi connectivity index (χ0n) is 12.2. The second kappa shape index (κ2) is 9.76. The third-order valence-corrected chi connectivity index (χ3v) is 3.58. The number of likely N-dealkylation sites (tertiary alicyclic amines) is 1. The van der Waals surface area contributed by atoms with E-state index in [1.807, 2.05) is 6.08 Å². The predicted molar refractivity (Wildman–Crippen MR) is 77.7 cm³/mol. The maximum absolute atomic E-state index is 11.3. The Morgan fingerprint density at radius 3 is 2.11 bits per heavy atom. The number of hydrogen-bond acceptors (Lipinski definition) is 2. The maximum Gasteiger partial charge on any atom is 0.229 e. The number of allylic oxidation sites excluding steroid dienone is 1. The van der Waals surface area contributed by atoms with Crippen LogP contribution in [0, 0.1) is 0 Å². The Morgan fingerprint density at radius 2 is 1.47 bits per heavy atom. The first kappa shape index (κ1) is 15.9. The maximum atomic E-state index is 11.3. The highest BCUT2D eigenvalue weighted by Crippen LogP contribution is 2.12. The van der Waals surface area contributed by atoms with E-state index >= 15 is 0 Å². The normalized spacial score (nSPS) is 15.9. The molecule has 0 N–H and O–H groups in total. The fourth-order valence-electron chi connectivity index (χ4n) is 2.34. The molecule has 3 nitrogen and oxygen atoms in total. The van der Waals surface area contributed by atoms with Crippen molar-refractivity contribution in [3.63, 3.8) is 0 Å². The van der Waals surface area contributed by atoms with E-state index in [9.17, 15) is 9.59 Å². The molecule has 1 saturated heterocycles. The van der Waals surface area contributed by atoms with E-state index in [2.05, 4.69) is 13.0 Å². The summed E-state index contributed by atoms with van der Waals surface area (Å²) >= 11 is 0. The first-order valence-electron chi connectivity index (χ1n) is 7.74. The monoisotopic (exact) mass is 265 g/mol. The highest BCUT2D eigenvalue weighted by molar-refractivity contribution is 6.02. The lowest BCUT2D eigenvalue weighted by Crippen LogP contribution is -2.28. The van der Waals surface area contributed by atoms with Gasteiger partial charge >= 0.3 is 0 Å². The molecule has 0 bridgehead atoms. The minimum atomic E-state index is -0.0226. The largest absolute Gasteiger partial charge is 0.279 e. The Labute approximate surface area is 117 Å². The number of imide groups is 1. The number of rotatable bonds is 10. The fraction of sp³-hybridized carbons (Fsp3) is 0.750. The molecule has 1 aliphatic heterocycles. The summed E-state index contributed by atoms with van der Waals surface area (Å²) in [7, 11) is 0. The van der Waals surface area contributed by atoms with Crippen LogP contribution in [0.25, 0.3) is 0 Å². The van der Waals surface area contributed by atoms with E-state index in [-0.39, 0.29) is 11.8 Å². The number of nitrogens with zero attached hydrogens (tertiary/aromatic N) is 1. The molecular formula is C16H27NO2. The molecule has 1 aliphatic rings. The first-order valence-corrected chi connectivity index (χ1v) is 7.74.